The lowest BCUT2D eigenvalue weighted by Crippen LogP contribution is -2.19. The molecule has 0 saturated heterocycles. The lowest BCUT2D eigenvalue weighted by atomic mass is 9.80. The average molecular weight is 647 g/mol. The van der Waals surface area contributed by atoms with Crippen molar-refractivity contribution in [1.82, 2.24) is 0 Å². The van der Waals surface area contributed by atoms with Crippen molar-refractivity contribution in [3.8, 4) is 5.75 Å². The van der Waals surface area contributed by atoms with Crippen LogP contribution in [0.25, 0.3) is 0 Å². The largest absolute Gasteiger partial charge is 0.492 e. The van der Waals surface area contributed by atoms with Crippen LogP contribution in [0.4, 0.5) is 0 Å². The van der Waals surface area contributed by atoms with Crippen LogP contribution in [0.15, 0.2) is 23.1 Å². The van der Waals surface area contributed by atoms with Gasteiger partial charge in [0.1, 0.15) is 10.6 Å². The topological polar surface area (TPSA) is 107 Å². The predicted octanol–water partition coefficient (Wildman–Crippen LogP) is 9.78. The van der Waals surface area contributed by atoms with Gasteiger partial charge in [0.2, 0.25) is 0 Å². The van der Waals surface area contributed by atoms with Crippen LogP contribution >= 0.6 is 0 Å². The molecule has 0 atom stereocenters. The van der Waals surface area contributed by atoms with Crippen LogP contribution in [0.5, 0.6) is 5.75 Å². The molecule has 0 heterocycles. The van der Waals surface area contributed by atoms with Crippen molar-refractivity contribution in [1.29, 1.82) is 0 Å². The molecular weight excluding hydrogens is 585 g/mol. The van der Waals surface area contributed by atoms with Crippen molar-refractivity contribution in [2.24, 2.45) is 0 Å². The normalized spacial score (nSPS) is 12.6. The Balaban J connectivity index is 2.58. The Morgan fingerprint density at radius 2 is 1.14 bits per heavy atom. The Kier molecular flexibility index (Phi) is 20.7. The van der Waals surface area contributed by atoms with E-state index in [4.69, 9.17) is 13.5 Å². The molecule has 0 aliphatic rings. The average Bonchev–Trinajstić information content (AvgIpc) is 2.94. The molecule has 1 aromatic carbocycles. The van der Waals surface area contributed by atoms with Crippen molar-refractivity contribution in [2.75, 3.05) is 19.0 Å². The SMILES string of the molecule is CCCCCCCCOc1ccc(C(C)(C)CCCCC)cc1S(=O)(=O)OCCCCCCCCCCCCS(=O)(=O)O. The van der Waals surface area contributed by atoms with Crippen LogP contribution in [0, 0.1) is 0 Å². The number of benzene rings is 1. The smallest absolute Gasteiger partial charge is 0.300 e. The molecule has 0 aliphatic heterocycles. The summed E-state index contributed by atoms with van der Waals surface area (Å²) < 4.78 is 68.6. The molecule has 0 aliphatic carbocycles. The molecule has 9 heteroatoms. The van der Waals surface area contributed by atoms with E-state index in [1.165, 1.54) is 25.7 Å². The molecular formula is C34H62O7S2. The second-order valence-corrected chi connectivity index (χ2v) is 15.9. The molecule has 0 spiro atoms. The third kappa shape index (κ3) is 19.1. The first-order chi connectivity index (χ1) is 20.4. The summed E-state index contributed by atoms with van der Waals surface area (Å²) in [5, 5.41) is 0. The molecule has 0 amide bonds. The molecule has 1 rings (SSSR count). The highest BCUT2D eigenvalue weighted by molar-refractivity contribution is 7.87. The third-order valence-corrected chi connectivity index (χ3v) is 10.3. The van der Waals surface area contributed by atoms with Gasteiger partial charge in [-0.2, -0.15) is 16.8 Å². The van der Waals surface area contributed by atoms with Crippen molar-refractivity contribution in [3.63, 3.8) is 0 Å². The van der Waals surface area contributed by atoms with Gasteiger partial charge in [0, 0.05) is 0 Å². The highest BCUT2D eigenvalue weighted by atomic mass is 32.2. The zero-order chi connectivity index (χ0) is 32.0. The monoisotopic (exact) mass is 646 g/mol. The van der Waals surface area contributed by atoms with E-state index in [-0.39, 0.29) is 22.7 Å². The van der Waals surface area contributed by atoms with Crippen molar-refractivity contribution in [3.05, 3.63) is 23.8 Å². The molecule has 0 aromatic heterocycles. The maximum Gasteiger partial charge on any atom is 0.300 e. The van der Waals surface area contributed by atoms with Crippen molar-refractivity contribution in [2.45, 2.75) is 166 Å². The van der Waals surface area contributed by atoms with Gasteiger partial charge in [-0.1, -0.05) is 136 Å². The lowest BCUT2D eigenvalue weighted by Gasteiger charge is -2.26. The Morgan fingerprint density at radius 1 is 0.651 bits per heavy atom. The van der Waals surface area contributed by atoms with E-state index in [1.807, 2.05) is 12.1 Å². The van der Waals surface area contributed by atoms with Crippen LogP contribution in [-0.4, -0.2) is 40.4 Å². The van der Waals surface area contributed by atoms with Gasteiger partial charge in [-0.05, 0) is 48.8 Å². The Morgan fingerprint density at radius 3 is 1.70 bits per heavy atom. The predicted molar refractivity (Wildman–Crippen MR) is 178 cm³/mol. The quantitative estimate of drug-likeness (QED) is 0.0548. The van der Waals surface area contributed by atoms with E-state index in [9.17, 15) is 16.8 Å². The van der Waals surface area contributed by atoms with E-state index in [1.54, 1.807) is 6.07 Å². The van der Waals surface area contributed by atoms with E-state index in [0.717, 1.165) is 95.5 Å². The molecule has 0 fully saturated rings. The Bertz CT molecular complexity index is 1070. The molecule has 1 aromatic rings. The van der Waals surface area contributed by atoms with Crippen molar-refractivity contribution >= 4 is 20.2 Å². The fraction of sp³-hybridized carbons (Fsp3) is 0.824. The molecule has 43 heavy (non-hydrogen) atoms. The van der Waals surface area contributed by atoms with E-state index >= 15 is 0 Å². The first kappa shape index (κ1) is 39.9. The zero-order valence-corrected chi connectivity index (χ0v) is 29.3. The maximum atomic E-state index is 13.4. The van der Waals surface area contributed by atoms with Crippen LogP contribution in [0.2, 0.25) is 0 Å². The number of hydrogen-bond acceptors (Lipinski definition) is 6. The minimum absolute atomic E-state index is 0.142. The van der Waals surface area contributed by atoms with Gasteiger partial charge >= 0.3 is 10.1 Å². The highest BCUT2D eigenvalue weighted by Gasteiger charge is 2.27. The Hall–Kier alpha value is -1.16. The Labute approximate surface area is 264 Å². The highest BCUT2D eigenvalue weighted by Crippen LogP contribution is 2.35. The molecule has 7 nitrogen and oxygen atoms in total. The van der Waals surface area contributed by atoms with Gasteiger partial charge < -0.3 is 4.74 Å². The second kappa shape index (κ2) is 22.4. The summed E-state index contributed by atoms with van der Waals surface area (Å²) in [5.74, 6) is 0.237. The summed E-state index contributed by atoms with van der Waals surface area (Å²) >= 11 is 0. The summed E-state index contributed by atoms with van der Waals surface area (Å²) in [4.78, 5) is 0.149. The van der Waals surface area contributed by atoms with E-state index in [0.29, 0.717) is 25.2 Å². The molecule has 252 valence electrons. The van der Waals surface area contributed by atoms with Crippen LogP contribution in [0.3, 0.4) is 0 Å². The minimum atomic E-state index is -3.95. The second-order valence-electron chi connectivity index (χ2n) is 12.7. The molecule has 0 unspecified atom stereocenters. The summed E-state index contributed by atoms with van der Waals surface area (Å²) in [6.07, 6.45) is 20.6. The first-order valence-corrected chi connectivity index (χ1v) is 20.1. The summed E-state index contributed by atoms with van der Waals surface area (Å²) in [5.41, 5.74) is 0.855. The number of ether oxygens (including phenoxy) is 1. The van der Waals surface area contributed by atoms with Crippen molar-refractivity contribution < 1.29 is 30.3 Å². The van der Waals surface area contributed by atoms with Gasteiger partial charge in [0.15, 0.2) is 0 Å². The van der Waals surface area contributed by atoms with Gasteiger partial charge in [-0.3, -0.25) is 8.74 Å². The third-order valence-electron chi connectivity index (χ3n) is 8.19. The number of unbranched alkanes of at least 4 members (excludes halogenated alkanes) is 16. The maximum absolute atomic E-state index is 13.4. The van der Waals surface area contributed by atoms with Crippen LogP contribution in [-0.2, 0) is 29.8 Å². The molecule has 1 N–H and O–H groups in total. The van der Waals surface area contributed by atoms with Crippen LogP contribution in [0.1, 0.15) is 162 Å². The summed E-state index contributed by atoms with van der Waals surface area (Å²) in [7, 11) is -7.79. The van der Waals surface area contributed by atoms with E-state index < -0.39 is 20.2 Å². The lowest BCUT2D eigenvalue weighted by molar-refractivity contribution is 0.285. The standard InChI is InChI=1S/C34H62O7S2/c1-5-7-9-10-17-21-27-40-32-25-24-31(34(3,4)26-20-8-6-2)30-33(32)43(38,39)41-28-22-18-15-13-11-12-14-16-19-23-29-42(35,36)37/h24-25,30H,5-23,26-29H2,1-4H3,(H,35,36,37). The van der Waals surface area contributed by atoms with Crippen LogP contribution < -0.4 is 4.74 Å². The summed E-state index contributed by atoms with van der Waals surface area (Å²) in [6, 6.07) is 5.61. The van der Waals surface area contributed by atoms with Gasteiger partial charge in [-0.15, -0.1) is 0 Å². The molecule has 0 bridgehead atoms. The fourth-order valence-electron chi connectivity index (χ4n) is 5.30. The van der Waals surface area contributed by atoms with Gasteiger partial charge in [0.05, 0.1) is 19.0 Å². The molecule has 0 radical (unpaired) electrons. The fourth-order valence-corrected chi connectivity index (χ4v) is 6.98. The van der Waals surface area contributed by atoms with Gasteiger partial charge in [0.25, 0.3) is 10.1 Å². The number of hydrogen-bond donors (Lipinski definition) is 1. The minimum Gasteiger partial charge on any atom is -0.492 e. The summed E-state index contributed by atoms with van der Waals surface area (Å²) in [6.45, 7) is 9.41. The first-order valence-electron chi connectivity index (χ1n) is 17.0. The number of rotatable bonds is 28. The van der Waals surface area contributed by atoms with Gasteiger partial charge in [-0.25, -0.2) is 0 Å². The zero-order valence-electron chi connectivity index (χ0n) is 27.7. The van der Waals surface area contributed by atoms with E-state index in [2.05, 4.69) is 27.7 Å². The molecule has 0 saturated carbocycles.